The van der Waals surface area contributed by atoms with Gasteiger partial charge < -0.3 is 14.7 Å². The fourth-order valence-electron chi connectivity index (χ4n) is 2.65. The number of rotatable bonds is 8. The van der Waals surface area contributed by atoms with Crippen molar-refractivity contribution >= 4 is 11.9 Å². The third-order valence-electron chi connectivity index (χ3n) is 4.12. The van der Waals surface area contributed by atoms with Gasteiger partial charge in [0.25, 0.3) is 5.91 Å². The fraction of sp³-hybridized carbons (Fsp3) is 0.300. The van der Waals surface area contributed by atoms with Crippen LogP contribution in [0.25, 0.3) is 0 Å². The number of carboxylic acid groups (broad SMARTS) is 1. The summed E-state index contributed by atoms with van der Waals surface area (Å²) in [7, 11) is 0. The van der Waals surface area contributed by atoms with Crippen LogP contribution >= 0.6 is 0 Å². The minimum Gasteiger partial charge on any atom is -0.481 e. The summed E-state index contributed by atoms with van der Waals surface area (Å²) in [5, 5.41) is 9.32. The monoisotopic (exact) mass is 395 g/mol. The molecule has 0 saturated heterocycles. The van der Waals surface area contributed by atoms with E-state index in [2.05, 4.69) is 4.74 Å². The smallest absolute Gasteiger partial charge is 0.481 e. The van der Waals surface area contributed by atoms with Gasteiger partial charge in [-0.15, -0.1) is 13.2 Å². The second-order valence-electron chi connectivity index (χ2n) is 6.19. The van der Waals surface area contributed by atoms with Crippen molar-refractivity contribution in [2.24, 2.45) is 5.92 Å². The highest BCUT2D eigenvalue weighted by atomic mass is 19.4. The molecule has 0 aliphatic heterocycles. The molecule has 1 atom stereocenters. The van der Waals surface area contributed by atoms with E-state index in [-0.39, 0.29) is 24.7 Å². The van der Waals surface area contributed by atoms with Gasteiger partial charge in [0, 0.05) is 18.7 Å². The number of nitrogens with zero attached hydrogens (tertiary/aromatic N) is 1. The Kier molecular flexibility index (Phi) is 7.03. The average molecular weight is 395 g/mol. The first-order valence-corrected chi connectivity index (χ1v) is 8.61. The Morgan fingerprint density at radius 1 is 1.07 bits per heavy atom. The van der Waals surface area contributed by atoms with E-state index in [9.17, 15) is 27.9 Å². The maximum Gasteiger partial charge on any atom is 0.573 e. The predicted octanol–water partition coefficient (Wildman–Crippen LogP) is 4.34. The van der Waals surface area contributed by atoms with Crippen molar-refractivity contribution in [1.82, 2.24) is 4.90 Å². The summed E-state index contributed by atoms with van der Waals surface area (Å²) in [6.07, 6.45) is -4.45. The van der Waals surface area contributed by atoms with E-state index in [1.165, 1.54) is 17.0 Å². The van der Waals surface area contributed by atoms with Crippen molar-refractivity contribution in [2.45, 2.75) is 26.3 Å². The van der Waals surface area contributed by atoms with Crippen molar-refractivity contribution in [3.8, 4) is 5.75 Å². The van der Waals surface area contributed by atoms with Crippen molar-refractivity contribution in [2.75, 3.05) is 6.54 Å². The molecule has 0 aromatic heterocycles. The van der Waals surface area contributed by atoms with Gasteiger partial charge in [0.2, 0.25) is 0 Å². The number of alkyl halides is 3. The van der Waals surface area contributed by atoms with Gasteiger partial charge in [-0.1, -0.05) is 37.3 Å². The normalized spacial score (nSPS) is 12.3. The van der Waals surface area contributed by atoms with Gasteiger partial charge in [-0.2, -0.15) is 0 Å². The van der Waals surface area contributed by atoms with Crippen LogP contribution in [0.15, 0.2) is 54.6 Å². The summed E-state index contributed by atoms with van der Waals surface area (Å²) in [6, 6.07) is 13.5. The molecule has 5 nitrogen and oxygen atoms in total. The Balaban J connectivity index is 2.21. The van der Waals surface area contributed by atoms with Gasteiger partial charge in [0.15, 0.2) is 0 Å². The molecule has 0 spiro atoms. The average Bonchev–Trinajstić information content (AvgIpc) is 2.65. The van der Waals surface area contributed by atoms with Crippen molar-refractivity contribution in [1.29, 1.82) is 0 Å². The molecule has 0 aliphatic carbocycles. The zero-order valence-corrected chi connectivity index (χ0v) is 15.1. The molecule has 1 amide bonds. The molecule has 0 bridgehead atoms. The van der Waals surface area contributed by atoms with Crippen LogP contribution < -0.4 is 4.74 Å². The molecule has 0 fully saturated rings. The zero-order chi connectivity index (χ0) is 20.7. The Morgan fingerprint density at radius 3 is 2.18 bits per heavy atom. The second-order valence-corrected chi connectivity index (χ2v) is 6.19. The number of carbonyl (C=O) groups is 2. The van der Waals surface area contributed by atoms with E-state index >= 15 is 0 Å². The number of ether oxygens (including phenoxy) is 1. The molecule has 2 aromatic carbocycles. The number of hydrogen-bond acceptors (Lipinski definition) is 3. The fourth-order valence-corrected chi connectivity index (χ4v) is 2.65. The van der Waals surface area contributed by atoms with Gasteiger partial charge in [-0.25, -0.2) is 0 Å². The third-order valence-corrected chi connectivity index (χ3v) is 4.12. The lowest BCUT2D eigenvalue weighted by Gasteiger charge is -2.26. The zero-order valence-electron chi connectivity index (χ0n) is 15.1. The SMILES string of the molecule is CCC(CN(Cc1ccc(OC(F)(F)F)cc1)C(=O)c1ccccc1)C(=O)O. The van der Waals surface area contributed by atoms with E-state index in [0.29, 0.717) is 17.5 Å². The van der Waals surface area contributed by atoms with Crippen LogP contribution in [0.4, 0.5) is 13.2 Å². The first-order chi connectivity index (χ1) is 13.2. The lowest BCUT2D eigenvalue weighted by atomic mass is 10.0. The van der Waals surface area contributed by atoms with Crippen molar-refractivity contribution < 1.29 is 32.6 Å². The van der Waals surface area contributed by atoms with Crippen molar-refractivity contribution in [3.05, 3.63) is 65.7 Å². The van der Waals surface area contributed by atoms with E-state index in [0.717, 1.165) is 12.1 Å². The van der Waals surface area contributed by atoms with E-state index < -0.39 is 18.2 Å². The lowest BCUT2D eigenvalue weighted by Crippen LogP contribution is -2.37. The summed E-state index contributed by atoms with van der Waals surface area (Å²) in [6.45, 7) is 1.76. The molecular formula is C20H20F3NO4. The molecule has 0 heterocycles. The Morgan fingerprint density at radius 2 is 1.68 bits per heavy atom. The maximum atomic E-state index is 12.8. The van der Waals surface area contributed by atoms with Gasteiger partial charge in [0.1, 0.15) is 5.75 Å². The maximum absolute atomic E-state index is 12.8. The molecule has 8 heteroatoms. The van der Waals surface area contributed by atoms with Gasteiger partial charge in [-0.05, 0) is 36.2 Å². The first-order valence-electron chi connectivity index (χ1n) is 8.61. The van der Waals surface area contributed by atoms with E-state index in [4.69, 9.17) is 0 Å². The molecule has 2 rings (SSSR count). The largest absolute Gasteiger partial charge is 0.573 e. The second kappa shape index (κ2) is 9.25. The minimum absolute atomic E-state index is 0.0135. The quantitative estimate of drug-likeness (QED) is 0.722. The number of carbonyl (C=O) groups excluding carboxylic acids is 1. The van der Waals surface area contributed by atoms with Crippen LogP contribution in [-0.4, -0.2) is 34.8 Å². The highest BCUT2D eigenvalue weighted by Crippen LogP contribution is 2.23. The van der Waals surface area contributed by atoms with Crippen LogP contribution in [0.5, 0.6) is 5.75 Å². The molecule has 2 aromatic rings. The number of carboxylic acids is 1. The number of halogens is 3. The number of hydrogen-bond donors (Lipinski definition) is 1. The first kappa shape index (κ1) is 21.3. The summed E-state index contributed by atoms with van der Waals surface area (Å²) in [5.41, 5.74) is 0.957. The Labute approximate surface area is 160 Å². The van der Waals surface area contributed by atoms with E-state index in [1.54, 1.807) is 37.3 Å². The van der Waals surface area contributed by atoms with Crippen molar-refractivity contribution in [3.63, 3.8) is 0 Å². The highest BCUT2D eigenvalue weighted by molar-refractivity contribution is 5.94. The summed E-state index contributed by atoms with van der Waals surface area (Å²) < 4.78 is 40.7. The lowest BCUT2D eigenvalue weighted by molar-refractivity contribution is -0.274. The minimum atomic E-state index is -4.79. The van der Waals surface area contributed by atoms with Crippen LogP contribution in [0.1, 0.15) is 29.3 Å². The Hall–Kier alpha value is -3.03. The van der Waals surface area contributed by atoms with Crippen LogP contribution in [0.3, 0.4) is 0 Å². The van der Waals surface area contributed by atoms with Crippen LogP contribution in [-0.2, 0) is 11.3 Å². The number of benzene rings is 2. The van der Waals surface area contributed by atoms with Gasteiger partial charge in [0.05, 0.1) is 5.92 Å². The van der Waals surface area contributed by atoms with Crippen LogP contribution in [0, 0.1) is 5.92 Å². The molecule has 0 saturated carbocycles. The number of amides is 1. The molecule has 1 N–H and O–H groups in total. The van der Waals surface area contributed by atoms with Crippen LogP contribution in [0.2, 0.25) is 0 Å². The highest BCUT2D eigenvalue weighted by Gasteiger charge is 2.31. The summed E-state index contributed by atoms with van der Waals surface area (Å²) in [5.74, 6) is -2.48. The number of aliphatic carboxylic acids is 1. The predicted molar refractivity (Wildman–Crippen MR) is 95.7 cm³/mol. The molecule has 28 heavy (non-hydrogen) atoms. The summed E-state index contributed by atoms with van der Waals surface area (Å²) >= 11 is 0. The summed E-state index contributed by atoms with van der Waals surface area (Å²) in [4.78, 5) is 25.6. The molecule has 0 radical (unpaired) electrons. The van der Waals surface area contributed by atoms with E-state index in [1.807, 2.05) is 0 Å². The molecular weight excluding hydrogens is 375 g/mol. The third kappa shape index (κ3) is 6.29. The Bertz CT molecular complexity index is 791. The molecule has 1 unspecified atom stereocenters. The topological polar surface area (TPSA) is 66.8 Å². The molecule has 0 aliphatic rings. The van der Waals surface area contributed by atoms with Gasteiger partial charge >= 0.3 is 12.3 Å². The van der Waals surface area contributed by atoms with Gasteiger partial charge in [-0.3, -0.25) is 9.59 Å². The molecule has 150 valence electrons. The standard InChI is InChI=1S/C20H20F3NO4/c1-2-15(19(26)27)13-24(18(25)16-6-4-3-5-7-16)12-14-8-10-17(11-9-14)28-20(21,22)23/h3-11,15H,2,12-13H2,1H3,(H,26,27).